The molecular formula is C18H18O4. The summed E-state index contributed by atoms with van der Waals surface area (Å²) in [6, 6.07) is 7.65. The topological polar surface area (TPSA) is 44.8 Å². The number of methoxy groups -OCH3 is 1. The van der Waals surface area contributed by atoms with Crippen LogP contribution in [0.4, 0.5) is 0 Å². The van der Waals surface area contributed by atoms with Crippen molar-refractivity contribution in [2.24, 2.45) is 5.92 Å². The Morgan fingerprint density at radius 1 is 1.23 bits per heavy atom. The monoisotopic (exact) mass is 298 g/mol. The predicted molar refractivity (Wildman–Crippen MR) is 80.6 cm³/mol. The lowest BCUT2D eigenvalue weighted by atomic mass is 9.75. The highest BCUT2D eigenvalue weighted by Crippen LogP contribution is 2.46. The van der Waals surface area contributed by atoms with Crippen LogP contribution in [-0.2, 0) is 9.53 Å². The Labute approximate surface area is 129 Å². The van der Waals surface area contributed by atoms with E-state index in [9.17, 15) is 4.79 Å². The molecule has 4 nitrogen and oxygen atoms in total. The van der Waals surface area contributed by atoms with Crippen molar-refractivity contribution in [2.75, 3.05) is 7.11 Å². The average Bonchev–Trinajstić information content (AvgIpc) is 2.58. The van der Waals surface area contributed by atoms with E-state index in [1.807, 2.05) is 30.3 Å². The molecule has 2 atom stereocenters. The van der Waals surface area contributed by atoms with E-state index in [2.05, 4.69) is 0 Å². The number of carbonyl (C=O) groups excluding carboxylic acids is 1. The minimum absolute atomic E-state index is 0.112. The zero-order valence-corrected chi connectivity index (χ0v) is 12.5. The second kappa shape index (κ2) is 5.20. The first-order valence-corrected chi connectivity index (χ1v) is 7.74. The zero-order chi connectivity index (χ0) is 15.1. The van der Waals surface area contributed by atoms with Crippen LogP contribution in [-0.4, -0.2) is 19.2 Å². The summed E-state index contributed by atoms with van der Waals surface area (Å²) in [5.41, 5.74) is 1.92. The van der Waals surface area contributed by atoms with Crippen LogP contribution >= 0.6 is 0 Å². The summed E-state index contributed by atoms with van der Waals surface area (Å²) in [6.45, 7) is 0. The fourth-order valence-electron chi connectivity index (χ4n) is 3.61. The van der Waals surface area contributed by atoms with E-state index in [1.54, 1.807) is 0 Å². The maximum absolute atomic E-state index is 12.1. The third-order valence-electron chi connectivity index (χ3n) is 4.63. The number of esters is 1. The molecule has 114 valence electrons. The van der Waals surface area contributed by atoms with Gasteiger partial charge in [0.05, 0.1) is 7.11 Å². The molecule has 3 aliphatic rings. The van der Waals surface area contributed by atoms with Gasteiger partial charge < -0.3 is 14.2 Å². The molecule has 0 aromatic heterocycles. The Balaban J connectivity index is 1.79. The Morgan fingerprint density at radius 3 is 2.86 bits per heavy atom. The fourth-order valence-corrected chi connectivity index (χ4v) is 3.61. The molecule has 4 heteroatoms. The zero-order valence-electron chi connectivity index (χ0n) is 12.5. The van der Waals surface area contributed by atoms with Gasteiger partial charge in [-0.2, -0.15) is 0 Å². The number of ether oxygens (including phenoxy) is 3. The van der Waals surface area contributed by atoms with Crippen LogP contribution in [0.3, 0.4) is 0 Å². The Kier molecular flexibility index (Phi) is 3.17. The normalized spacial score (nSPS) is 25.8. The molecule has 0 saturated heterocycles. The summed E-state index contributed by atoms with van der Waals surface area (Å²) in [4.78, 5) is 12.1. The van der Waals surface area contributed by atoms with Gasteiger partial charge in [-0.05, 0) is 43.0 Å². The molecule has 0 spiro atoms. The number of rotatable bonds is 1. The Hall–Kier alpha value is -2.23. The first-order chi connectivity index (χ1) is 10.8. The van der Waals surface area contributed by atoms with Crippen LogP contribution in [0.25, 0.3) is 0 Å². The second-order valence-electron chi connectivity index (χ2n) is 5.89. The van der Waals surface area contributed by atoms with Gasteiger partial charge in [0.2, 0.25) is 0 Å². The van der Waals surface area contributed by atoms with Gasteiger partial charge in [0.1, 0.15) is 5.76 Å². The number of benzene rings is 1. The summed E-state index contributed by atoms with van der Waals surface area (Å²) in [6.07, 6.45) is 5.72. The molecule has 1 saturated carbocycles. The molecule has 0 amide bonds. The molecule has 1 heterocycles. The molecule has 2 unspecified atom stereocenters. The quantitative estimate of drug-likeness (QED) is 0.746. The highest BCUT2D eigenvalue weighted by molar-refractivity contribution is 5.90. The maximum Gasteiger partial charge on any atom is 0.334 e. The summed E-state index contributed by atoms with van der Waals surface area (Å²) in [5.74, 6) is 2.19. The smallest absolute Gasteiger partial charge is 0.334 e. The molecular weight excluding hydrogens is 280 g/mol. The van der Waals surface area contributed by atoms with Gasteiger partial charge in [0, 0.05) is 11.5 Å². The van der Waals surface area contributed by atoms with Crippen LogP contribution in [0, 0.1) is 5.92 Å². The van der Waals surface area contributed by atoms with Gasteiger partial charge in [0.15, 0.2) is 17.6 Å². The van der Waals surface area contributed by atoms with Crippen molar-refractivity contribution >= 4 is 5.97 Å². The molecule has 0 radical (unpaired) electrons. The van der Waals surface area contributed by atoms with Crippen molar-refractivity contribution in [1.82, 2.24) is 0 Å². The number of allylic oxidation sites excluding steroid dienone is 1. The predicted octanol–water partition coefficient (Wildman–Crippen LogP) is 3.38. The summed E-state index contributed by atoms with van der Waals surface area (Å²) >= 11 is 0. The van der Waals surface area contributed by atoms with Crippen LogP contribution in [0.5, 0.6) is 11.5 Å². The first kappa shape index (κ1) is 13.4. The number of para-hydroxylation sites is 2. The minimum atomic E-state index is -0.326. The molecule has 22 heavy (non-hydrogen) atoms. The van der Waals surface area contributed by atoms with E-state index in [1.165, 1.54) is 12.7 Å². The van der Waals surface area contributed by atoms with Gasteiger partial charge in [0.25, 0.3) is 0 Å². The summed E-state index contributed by atoms with van der Waals surface area (Å²) in [5, 5.41) is 0. The van der Waals surface area contributed by atoms with E-state index in [-0.39, 0.29) is 18.0 Å². The summed E-state index contributed by atoms with van der Waals surface area (Å²) < 4.78 is 17.1. The average molecular weight is 298 g/mol. The molecule has 1 fully saturated rings. The van der Waals surface area contributed by atoms with Crippen molar-refractivity contribution in [2.45, 2.75) is 31.8 Å². The lowest BCUT2D eigenvalue weighted by molar-refractivity contribution is -0.136. The lowest BCUT2D eigenvalue weighted by Gasteiger charge is -2.37. The van der Waals surface area contributed by atoms with Gasteiger partial charge in [-0.25, -0.2) is 4.79 Å². The van der Waals surface area contributed by atoms with Crippen molar-refractivity contribution in [3.8, 4) is 11.5 Å². The highest BCUT2D eigenvalue weighted by atomic mass is 16.6. The molecule has 0 N–H and O–H groups in total. The Morgan fingerprint density at radius 2 is 2.05 bits per heavy atom. The minimum Gasteiger partial charge on any atom is -0.474 e. The molecule has 1 aromatic carbocycles. The van der Waals surface area contributed by atoms with E-state index in [0.717, 1.165) is 37.2 Å². The van der Waals surface area contributed by atoms with Gasteiger partial charge in [-0.3, -0.25) is 0 Å². The standard InChI is InChI=1S/C18H18O4/c1-20-18(19)13-10-16-17(12-7-3-2-6-11(12)13)22-15-9-5-4-8-14(15)21-16/h4-5,8-11,16H,2-3,6-7H2,1H3. The number of hydrogen-bond donors (Lipinski definition) is 0. The largest absolute Gasteiger partial charge is 0.474 e. The van der Waals surface area contributed by atoms with Gasteiger partial charge >= 0.3 is 5.97 Å². The van der Waals surface area contributed by atoms with Crippen molar-refractivity contribution < 1.29 is 19.0 Å². The van der Waals surface area contributed by atoms with Crippen LogP contribution in [0.15, 0.2) is 47.2 Å². The van der Waals surface area contributed by atoms with E-state index < -0.39 is 0 Å². The molecule has 0 bridgehead atoms. The Bertz CT molecular complexity index is 686. The highest BCUT2D eigenvalue weighted by Gasteiger charge is 2.40. The summed E-state index contributed by atoms with van der Waals surface area (Å²) in [7, 11) is 1.43. The van der Waals surface area contributed by atoms with Crippen molar-refractivity contribution in [3.05, 3.63) is 47.2 Å². The fraction of sp³-hybridized carbons (Fsp3) is 0.389. The number of hydrogen-bond acceptors (Lipinski definition) is 4. The SMILES string of the molecule is COC(=O)C1=CC2Oc3ccccc3OC2=C2CCCCC12. The van der Waals surface area contributed by atoms with E-state index in [0.29, 0.717) is 11.3 Å². The van der Waals surface area contributed by atoms with Crippen LogP contribution < -0.4 is 9.47 Å². The van der Waals surface area contributed by atoms with Crippen molar-refractivity contribution in [1.29, 1.82) is 0 Å². The van der Waals surface area contributed by atoms with Crippen LogP contribution in [0.2, 0.25) is 0 Å². The van der Waals surface area contributed by atoms with Crippen LogP contribution in [0.1, 0.15) is 25.7 Å². The third kappa shape index (κ3) is 2.02. The van der Waals surface area contributed by atoms with Gasteiger partial charge in [-0.15, -0.1) is 0 Å². The van der Waals surface area contributed by atoms with Crippen molar-refractivity contribution in [3.63, 3.8) is 0 Å². The van der Waals surface area contributed by atoms with Gasteiger partial charge in [-0.1, -0.05) is 18.6 Å². The van der Waals surface area contributed by atoms with E-state index >= 15 is 0 Å². The molecule has 1 aliphatic heterocycles. The molecule has 2 aliphatic carbocycles. The second-order valence-corrected chi connectivity index (χ2v) is 5.89. The number of fused-ring (bicyclic) bond motifs is 3. The maximum atomic E-state index is 12.1. The number of carbonyl (C=O) groups is 1. The molecule has 1 aromatic rings. The van der Waals surface area contributed by atoms with E-state index in [4.69, 9.17) is 14.2 Å². The third-order valence-corrected chi connectivity index (χ3v) is 4.63. The first-order valence-electron chi connectivity index (χ1n) is 7.74. The lowest BCUT2D eigenvalue weighted by Crippen LogP contribution is -2.35. The molecule has 4 rings (SSSR count).